The summed E-state index contributed by atoms with van der Waals surface area (Å²) >= 11 is 0. The third kappa shape index (κ3) is 8.02. The van der Waals surface area contributed by atoms with E-state index in [1.54, 1.807) is 0 Å². The monoisotopic (exact) mass is 283 g/mol. The van der Waals surface area contributed by atoms with Gasteiger partial charge >= 0.3 is 5.97 Å². The number of unbranched alkanes of at least 4 members (excludes halogenated alkanes) is 3. The van der Waals surface area contributed by atoms with Crippen LogP contribution in [0.2, 0.25) is 0 Å². The summed E-state index contributed by atoms with van der Waals surface area (Å²) in [4.78, 5) is 15.5. The van der Waals surface area contributed by atoms with Crippen LogP contribution in [0.3, 0.4) is 0 Å². The second kappa shape index (κ2) is 10.5. The van der Waals surface area contributed by atoms with Crippen molar-refractivity contribution in [3.63, 3.8) is 0 Å². The molecule has 1 fully saturated rings. The zero-order valence-corrected chi connectivity index (χ0v) is 12.7. The predicted octanol–water partition coefficient (Wildman–Crippen LogP) is 2.20. The topological polar surface area (TPSA) is 76.7 Å². The van der Waals surface area contributed by atoms with E-state index in [1.165, 1.54) is 19.3 Å². The molecule has 0 spiro atoms. The molecule has 0 aliphatic heterocycles. The first-order valence-corrected chi connectivity index (χ1v) is 7.91. The summed E-state index contributed by atoms with van der Waals surface area (Å²) in [5.41, 5.74) is 5.79. The van der Waals surface area contributed by atoms with Crippen molar-refractivity contribution < 1.29 is 9.53 Å². The van der Waals surface area contributed by atoms with Crippen molar-refractivity contribution in [2.24, 2.45) is 16.6 Å². The molecule has 1 aliphatic rings. The van der Waals surface area contributed by atoms with Crippen LogP contribution in [-0.2, 0) is 9.53 Å². The van der Waals surface area contributed by atoms with Gasteiger partial charge in [0.05, 0.1) is 6.61 Å². The van der Waals surface area contributed by atoms with Crippen molar-refractivity contribution in [3.8, 4) is 0 Å². The molecule has 0 aromatic carbocycles. The Bertz CT molecular complexity index is 301. The minimum atomic E-state index is -0.0852. The minimum Gasteiger partial charge on any atom is -0.466 e. The highest BCUT2D eigenvalue weighted by Crippen LogP contribution is 2.26. The highest BCUT2D eigenvalue weighted by molar-refractivity contribution is 5.77. The largest absolute Gasteiger partial charge is 0.466 e. The molecule has 1 aliphatic carbocycles. The highest BCUT2D eigenvalue weighted by atomic mass is 16.5. The SMILES string of the molecule is CCOC(=O)CCCCCCNC(N)=NCC1CCC1. The molecular weight excluding hydrogens is 254 g/mol. The van der Waals surface area contributed by atoms with Gasteiger partial charge in [0.15, 0.2) is 5.96 Å². The van der Waals surface area contributed by atoms with Crippen molar-refractivity contribution in [1.29, 1.82) is 0 Å². The lowest BCUT2D eigenvalue weighted by Crippen LogP contribution is -2.33. The Morgan fingerprint density at radius 1 is 1.30 bits per heavy atom. The van der Waals surface area contributed by atoms with E-state index < -0.39 is 0 Å². The lowest BCUT2D eigenvalue weighted by molar-refractivity contribution is -0.143. The van der Waals surface area contributed by atoms with Crippen molar-refractivity contribution in [3.05, 3.63) is 0 Å². The smallest absolute Gasteiger partial charge is 0.305 e. The third-order valence-electron chi connectivity index (χ3n) is 3.66. The van der Waals surface area contributed by atoms with Crippen molar-refractivity contribution >= 4 is 11.9 Å². The normalized spacial score (nSPS) is 15.8. The number of nitrogens with two attached hydrogens (primary N) is 1. The first-order valence-electron chi connectivity index (χ1n) is 7.91. The summed E-state index contributed by atoms with van der Waals surface area (Å²) in [7, 11) is 0. The molecule has 5 heteroatoms. The maximum Gasteiger partial charge on any atom is 0.305 e. The van der Waals surface area contributed by atoms with Gasteiger partial charge in [0.2, 0.25) is 0 Å². The molecule has 0 radical (unpaired) electrons. The summed E-state index contributed by atoms with van der Waals surface area (Å²) in [6.45, 7) is 4.04. The van der Waals surface area contributed by atoms with Gasteiger partial charge in [-0.15, -0.1) is 0 Å². The van der Waals surface area contributed by atoms with Crippen LogP contribution in [0.4, 0.5) is 0 Å². The van der Waals surface area contributed by atoms with Crippen LogP contribution in [0.25, 0.3) is 0 Å². The number of nitrogens with one attached hydrogen (secondary N) is 1. The van der Waals surface area contributed by atoms with E-state index in [-0.39, 0.29) is 5.97 Å². The van der Waals surface area contributed by atoms with Crippen molar-refractivity contribution in [2.45, 2.75) is 58.3 Å². The average molecular weight is 283 g/mol. The molecule has 0 unspecified atom stereocenters. The van der Waals surface area contributed by atoms with Crippen LogP contribution in [0.5, 0.6) is 0 Å². The summed E-state index contributed by atoms with van der Waals surface area (Å²) < 4.78 is 4.88. The fourth-order valence-corrected chi connectivity index (χ4v) is 2.16. The van der Waals surface area contributed by atoms with E-state index in [2.05, 4.69) is 10.3 Å². The van der Waals surface area contributed by atoms with Gasteiger partial charge in [-0.25, -0.2) is 0 Å². The second-order valence-electron chi connectivity index (χ2n) is 5.42. The number of nitrogens with zero attached hydrogens (tertiary/aromatic N) is 1. The van der Waals surface area contributed by atoms with Crippen LogP contribution in [-0.4, -0.2) is 31.6 Å². The molecule has 20 heavy (non-hydrogen) atoms. The number of aliphatic imine (C=N–C) groups is 1. The molecule has 0 bridgehead atoms. The van der Waals surface area contributed by atoms with Crippen LogP contribution < -0.4 is 11.1 Å². The number of esters is 1. The lowest BCUT2D eigenvalue weighted by Gasteiger charge is -2.23. The Morgan fingerprint density at radius 2 is 2.05 bits per heavy atom. The van der Waals surface area contributed by atoms with Crippen LogP contribution in [0.1, 0.15) is 58.3 Å². The summed E-state index contributed by atoms with van der Waals surface area (Å²) in [6, 6.07) is 0. The van der Waals surface area contributed by atoms with E-state index in [1.807, 2.05) is 6.92 Å². The Kier molecular flexibility index (Phi) is 8.83. The van der Waals surface area contributed by atoms with E-state index >= 15 is 0 Å². The van der Waals surface area contributed by atoms with Crippen LogP contribution in [0, 0.1) is 5.92 Å². The highest BCUT2D eigenvalue weighted by Gasteiger charge is 2.16. The fourth-order valence-electron chi connectivity index (χ4n) is 2.16. The zero-order chi connectivity index (χ0) is 14.6. The maximum atomic E-state index is 11.1. The van der Waals surface area contributed by atoms with Crippen LogP contribution >= 0.6 is 0 Å². The van der Waals surface area contributed by atoms with E-state index in [9.17, 15) is 4.79 Å². The zero-order valence-electron chi connectivity index (χ0n) is 12.7. The molecule has 1 saturated carbocycles. The molecule has 3 N–H and O–H groups in total. The quantitative estimate of drug-likeness (QED) is 0.279. The number of guanidine groups is 1. The number of carbonyl (C=O) groups excluding carboxylic acids is 1. The maximum absolute atomic E-state index is 11.1. The second-order valence-corrected chi connectivity index (χ2v) is 5.42. The molecule has 0 aromatic rings. The van der Waals surface area contributed by atoms with Gasteiger partial charge in [-0.2, -0.15) is 0 Å². The molecule has 0 saturated heterocycles. The number of hydrogen-bond donors (Lipinski definition) is 2. The summed E-state index contributed by atoms with van der Waals surface area (Å²) in [5, 5.41) is 3.14. The van der Waals surface area contributed by atoms with Gasteiger partial charge < -0.3 is 15.8 Å². The van der Waals surface area contributed by atoms with Gasteiger partial charge in [0.1, 0.15) is 0 Å². The standard InChI is InChI=1S/C15H29N3O2/c1-2-20-14(19)10-5-3-4-6-11-17-15(16)18-12-13-8-7-9-13/h13H,2-12H2,1H3,(H3,16,17,18). The summed E-state index contributed by atoms with van der Waals surface area (Å²) in [6.07, 6.45) is 8.61. The molecule has 0 heterocycles. The first kappa shape index (κ1) is 16.8. The van der Waals surface area contributed by atoms with Gasteiger partial charge in [-0.3, -0.25) is 9.79 Å². The van der Waals surface area contributed by atoms with E-state index in [0.717, 1.165) is 44.7 Å². The van der Waals surface area contributed by atoms with Crippen molar-refractivity contribution in [2.75, 3.05) is 19.7 Å². The van der Waals surface area contributed by atoms with Gasteiger partial charge in [0, 0.05) is 19.5 Å². The number of hydrogen-bond acceptors (Lipinski definition) is 3. The van der Waals surface area contributed by atoms with E-state index in [0.29, 0.717) is 19.0 Å². The van der Waals surface area contributed by atoms with Crippen molar-refractivity contribution in [1.82, 2.24) is 5.32 Å². The Hall–Kier alpha value is -1.26. The molecule has 5 nitrogen and oxygen atoms in total. The van der Waals surface area contributed by atoms with Gasteiger partial charge in [0.25, 0.3) is 0 Å². The predicted molar refractivity (Wildman–Crippen MR) is 81.6 cm³/mol. The lowest BCUT2D eigenvalue weighted by atomic mass is 9.86. The minimum absolute atomic E-state index is 0.0852. The first-order chi connectivity index (χ1) is 9.72. The number of carbonyl (C=O) groups is 1. The Balaban J connectivity index is 1.87. The summed E-state index contributed by atoms with van der Waals surface area (Å²) in [5.74, 6) is 1.25. The van der Waals surface area contributed by atoms with Gasteiger partial charge in [-0.1, -0.05) is 19.3 Å². The Labute approximate surface area is 122 Å². The number of ether oxygens (including phenoxy) is 1. The molecule has 0 aromatic heterocycles. The fraction of sp³-hybridized carbons (Fsp3) is 0.867. The van der Waals surface area contributed by atoms with Crippen LogP contribution in [0.15, 0.2) is 4.99 Å². The van der Waals surface area contributed by atoms with E-state index in [4.69, 9.17) is 10.5 Å². The Morgan fingerprint density at radius 3 is 2.70 bits per heavy atom. The molecule has 0 amide bonds. The van der Waals surface area contributed by atoms with Gasteiger partial charge in [-0.05, 0) is 38.5 Å². The molecule has 1 rings (SSSR count). The number of rotatable bonds is 10. The molecule has 116 valence electrons. The third-order valence-corrected chi connectivity index (χ3v) is 3.66. The molecule has 0 atom stereocenters. The molecular formula is C15H29N3O2. The average Bonchev–Trinajstić information content (AvgIpc) is 2.36.